The SMILES string of the molecule is C=N/C(=C\C(=C)OC)N1CCN(C(=O)CC)CC1.CCCCCC(C)=NC(=NC)c1ccc(F)c(C)c1. The van der Waals surface area contributed by atoms with Crippen LogP contribution in [0.2, 0.25) is 0 Å². The van der Waals surface area contributed by atoms with Gasteiger partial charge in [0.1, 0.15) is 17.4 Å². The third kappa shape index (κ3) is 11.1. The molecule has 0 aromatic heterocycles. The van der Waals surface area contributed by atoms with Crippen molar-refractivity contribution in [3.05, 3.63) is 59.4 Å². The molecule has 0 bridgehead atoms. The maximum atomic E-state index is 13.3. The van der Waals surface area contributed by atoms with Crippen molar-refractivity contribution in [2.75, 3.05) is 40.3 Å². The lowest BCUT2D eigenvalue weighted by Gasteiger charge is -2.35. The Morgan fingerprint density at radius 3 is 2.32 bits per heavy atom. The van der Waals surface area contributed by atoms with Crippen molar-refractivity contribution in [2.24, 2.45) is 15.0 Å². The van der Waals surface area contributed by atoms with Gasteiger partial charge in [0.15, 0.2) is 5.84 Å². The van der Waals surface area contributed by atoms with Crippen LogP contribution in [0.15, 0.2) is 57.4 Å². The van der Waals surface area contributed by atoms with Crippen molar-refractivity contribution in [2.45, 2.75) is 59.8 Å². The number of unbranched alkanes of at least 4 members (excludes halogenated alkanes) is 2. The number of benzene rings is 1. The zero-order valence-corrected chi connectivity index (χ0v) is 23.5. The number of halogens is 1. The summed E-state index contributed by atoms with van der Waals surface area (Å²) in [6.45, 7) is 18.1. The van der Waals surface area contributed by atoms with Gasteiger partial charge in [0.05, 0.1) is 7.11 Å². The lowest BCUT2D eigenvalue weighted by atomic mass is 10.1. The maximum Gasteiger partial charge on any atom is 0.222 e. The number of piperazine rings is 1. The molecule has 0 N–H and O–H groups in total. The molecule has 0 spiro atoms. The molecule has 1 aromatic carbocycles. The number of carbonyl (C=O) groups excluding carboxylic acids is 1. The molecule has 0 saturated carbocycles. The monoisotopic (exact) mass is 513 g/mol. The Hall–Kier alpha value is -3.29. The predicted octanol–water partition coefficient (Wildman–Crippen LogP) is 5.79. The second-order valence-electron chi connectivity index (χ2n) is 8.87. The molecule has 8 heteroatoms. The Kier molecular flexibility index (Phi) is 14.8. The van der Waals surface area contributed by atoms with E-state index in [9.17, 15) is 9.18 Å². The molecule has 0 atom stereocenters. The first-order valence-corrected chi connectivity index (χ1v) is 12.9. The molecule has 1 fully saturated rings. The number of nitrogens with zero attached hydrogens (tertiary/aromatic N) is 5. The van der Waals surface area contributed by atoms with E-state index >= 15 is 0 Å². The highest BCUT2D eigenvalue weighted by Crippen LogP contribution is 2.14. The van der Waals surface area contributed by atoms with Crippen LogP contribution in [-0.4, -0.2) is 74.3 Å². The van der Waals surface area contributed by atoms with Crippen LogP contribution in [0.5, 0.6) is 0 Å². The molecule has 1 aliphatic rings. The van der Waals surface area contributed by atoms with Gasteiger partial charge in [-0.1, -0.05) is 33.3 Å². The van der Waals surface area contributed by atoms with E-state index < -0.39 is 0 Å². The highest BCUT2D eigenvalue weighted by Gasteiger charge is 2.21. The summed E-state index contributed by atoms with van der Waals surface area (Å²) in [6, 6.07) is 4.99. The lowest BCUT2D eigenvalue weighted by Crippen LogP contribution is -2.47. The van der Waals surface area contributed by atoms with Crippen LogP contribution < -0.4 is 0 Å². The normalized spacial score (nSPS) is 14.6. The number of rotatable bonds is 10. The standard InChI is InChI=1S/C16H23FN2.C13H21N3O2/c1-5-6-7-8-13(3)19-16(18-4)14-9-10-15(17)12(2)11-14;1-5-13(17)16-8-6-15(7-9-16)12(14-3)10-11(2)18-4/h9-11H,5-8H2,1-4H3;10H,2-3,5-9H2,1,4H3/b;12-10+. The smallest absolute Gasteiger partial charge is 0.222 e. The molecule has 204 valence electrons. The third-order valence-electron chi connectivity index (χ3n) is 6.04. The number of aliphatic imine (C=N–C) groups is 3. The van der Waals surface area contributed by atoms with Gasteiger partial charge in [0.2, 0.25) is 5.91 Å². The summed E-state index contributed by atoms with van der Waals surface area (Å²) < 4.78 is 18.3. The summed E-state index contributed by atoms with van der Waals surface area (Å²) in [7, 11) is 3.29. The average molecular weight is 514 g/mol. The van der Waals surface area contributed by atoms with Crippen LogP contribution in [0.4, 0.5) is 4.39 Å². The molecule has 37 heavy (non-hydrogen) atoms. The van der Waals surface area contributed by atoms with E-state index in [4.69, 9.17) is 4.74 Å². The van der Waals surface area contributed by atoms with Crippen LogP contribution in [0.3, 0.4) is 0 Å². The summed E-state index contributed by atoms with van der Waals surface area (Å²) in [5.41, 5.74) is 2.57. The van der Waals surface area contributed by atoms with Crippen molar-refractivity contribution in [3.8, 4) is 0 Å². The summed E-state index contributed by atoms with van der Waals surface area (Å²) in [5, 5.41) is 0. The van der Waals surface area contributed by atoms with Crippen LogP contribution >= 0.6 is 0 Å². The molecule has 2 rings (SSSR count). The largest absolute Gasteiger partial charge is 0.497 e. The maximum absolute atomic E-state index is 13.3. The van der Waals surface area contributed by atoms with Crippen LogP contribution in [-0.2, 0) is 9.53 Å². The number of allylic oxidation sites excluding steroid dienone is 1. The van der Waals surface area contributed by atoms with Crippen molar-refractivity contribution in [1.29, 1.82) is 0 Å². The Balaban J connectivity index is 0.000000371. The molecule has 1 saturated heterocycles. The first-order valence-electron chi connectivity index (χ1n) is 12.9. The number of amides is 1. The Morgan fingerprint density at radius 2 is 1.81 bits per heavy atom. The zero-order valence-electron chi connectivity index (χ0n) is 23.5. The lowest BCUT2D eigenvalue weighted by molar-refractivity contribution is -0.132. The number of carbonyl (C=O) groups is 1. The number of aryl methyl sites for hydroxylation is 1. The summed E-state index contributed by atoms with van der Waals surface area (Å²) in [6.07, 6.45) is 6.89. The molecule has 1 aliphatic heterocycles. The van der Waals surface area contributed by atoms with Gasteiger partial charge in [0.25, 0.3) is 0 Å². The topological polar surface area (TPSA) is 69.9 Å². The number of ether oxygens (including phenoxy) is 1. The molecule has 0 radical (unpaired) electrons. The quantitative estimate of drug-likeness (QED) is 0.131. The van der Waals surface area contributed by atoms with E-state index in [0.29, 0.717) is 23.6 Å². The van der Waals surface area contributed by atoms with Crippen LogP contribution in [0.1, 0.15) is 64.0 Å². The Labute approximate surface area is 222 Å². The molecule has 1 heterocycles. The molecule has 1 aromatic rings. The fourth-order valence-corrected chi connectivity index (χ4v) is 3.74. The first-order chi connectivity index (χ1) is 17.7. The Bertz CT molecular complexity index is 992. The van der Waals surface area contributed by atoms with Gasteiger partial charge in [-0.2, -0.15) is 0 Å². The van der Waals surface area contributed by atoms with Gasteiger partial charge in [-0.25, -0.2) is 14.4 Å². The molecular formula is C29H44FN5O2. The highest BCUT2D eigenvalue weighted by molar-refractivity contribution is 6.06. The van der Waals surface area contributed by atoms with Crippen molar-refractivity contribution in [3.63, 3.8) is 0 Å². The fourth-order valence-electron chi connectivity index (χ4n) is 3.74. The number of methoxy groups -OCH3 is 1. The zero-order chi connectivity index (χ0) is 27.8. The van der Waals surface area contributed by atoms with Gasteiger partial charge < -0.3 is 14.5 Å². The number of hydrogen-bond donors (Lipinski definition) is 0. The van der Waals surface area contributed by atoms with E-state index in [0.717, 1.165) is 56.1 Å². The summed E-state index contributed by atoms with van der Waals surface area (Å²) in [4.78, 5) is 28.3. The molecule has 1 amide bonds. The molecule has 7 nitrogen and oxygen atoms in total. The molecule has 0 unspecified atom stereocenters. The highest BCUT2D eigenvalue weighted by atomic mass is 19.1. The Morgan fingerprint density at radius 1 is 1.16 bits per heavy atom. The second kappa shape index (κ2) is 17.2. The van der Waals surface area contributed by atoms with Gasteiger partial charge in [-0.05, 0) is 57.2 Å². The van der Waals surface area contributed by atoms with E-state index in [2.05, 4.69) is 40.1 Å². The van der Waals surface area contributed by atoms with Gasteiger partial charge in [-0.3, -0.25) is 9.79 Å². The minimum atomic E-state index is -0.192. The van der Waals surface area contributed by atoms with Gasteiger partial charge in [-0.15, -0.1) is 0 Å². The van der Waals surface area contributed by atoms with Crippen molar-refractivity contribution < 1.29 is 13.9 Å². The van der Waals surface area contributed by atoms with E-state index in [1.807, 2.05) is 18.7 Å². The molecular weight excluding hydrogens is 469 g/mol. The molecule has 0 aliphatic carbocycles. The minimum Gasteiger partial charge on any atom is -0.497 e. The van der Waals surface area contributed by atoms with E-state index in [1.165, 1.54) is 18.9 Å². The van der Waals surface area contributed by atoms with Crippen molar-refractivity contribution in [1.82, 2.24) is 9.80 Å². The van der Waals surface area contributed by atoms with Gasteiger partial charge in [0, 0.05) is 57.0 Å². The summed E-state index contributed by atoms with van der Waals surface area (Å²) >= 11 is 0. The first kappa shape index (κ1) is 31.7. The van der Waals surface area contributed by atoms with Crippen LogP contribution in [0.25, 0.3) is 0 Å². The van der Waals surface area contributed by atoms with Gasteiger partial charge >= 0.3 is 0 Å². The van der Waals surface area contributed by atoms with E-state index in [-0.39, 0.29) is 11.7 Å². The second-order valence-corrected chi connectivity index (χ2v) is 8.87. The van der Waals surface area contributed by atoms with Crippen LogP contribution in [0, 0.1) is 12.7 Å². The number of amidine groups is 1. The third-order valence-corrected chi connectivity index (χ3v) is 6.04. The fraction of sp³-hybridized carbons (Fsp3) is 0.517. The van der Waals surface area contributed by atoms with E-state index in [1.54, 1.807) is 39.3 Å². The summed E-state index contributed by atoms with van der Waals surface area (Å²) in [5.74, 6) is 1.97. The van der Waals surface area contributed by atoms with Crippen molar-refractivity contribution >= 4 is 24.2 Å². The minimum absolute atomic E-state index is 0.192. The number of hydrogen-bond acceptors (Lipinski definition) is 5. The average Bonchev–Trinajstić information content (AvgIpc) is 2.92. The predicted molar refractivity (Wildman–Crippen MR) is 153 cm³/mol.